The Morgan fingerprint density at radius 1 is 1.36 bits per heavy atom. The second-order valence-corrected chi connectivity index (χ2v) is 6.91. The summed E-state index contributed by atoms with van der Waals surface area (Å²) in [5.74, 6) is -0.482. The van der Waals surface area contributed by atoms with Gasteiger partial charge >= 0.3 is 5.76 Å². The number of aryl methyl sites for hydroxylation is 1. The van der Waals surface area contributed by atoms with E-state index in [1.807, 2.05) is 17.0 Å². The minimum absolute atomic E-state index is 0. The van der Waals surface area contributed by atoms with Gasteiger partial charge in [-0.05, 0) is 23.8 Å². The third kappa shape index (κ3) is 4.06. The number of nitrogens with one attached hydrogen (secondary N) is 1. The summed E-state index contributed by atoms with van der Waals surface area (Å²) in [4.78, 5) is 31.0. The molecule has 9 heteroatoms. The van der Waals surface area contributed by atoms with Crippen molar-refractivity contribution < 1.29 is 9.21 Å². The highest BCUT2D eigenvalue weighted by Crippen LogP contribution is 2.23. The molecule has 3 heterocycles. The summed E-state index contributed by atoms with van der Waals surface area (Å²) in [5, 5.41) is 3.82. The summed E-state index contributed by atoms with van der Waals surface area (Å²) in [6, 6.07) is 8.82. The highest BCUT2D eigenvalue weighted by Gasteiger charge is 2.28. The van der Waals surface area contributed by atoms with Gasteiger partial charge in [0.2, 0.25) is 5.91 Å². The molecule has 1 N–H and O–H groups in total. The Labute approximate surface area is 172 Å². The number of fused-ring (bicyclic) bond motifs is 1. The van der Waals surface area contributed by atoms with Crippen LogP contribution in [0.5, 0.6) is 0 Å². The Morgan fingerprint density at radius 2 is 2.21 bits per heavy atom. The van der Waals surface area contributed by atoms with Crippen molar-refractivity contribution in [2.75, 3.05) is 19.6 Å². The average Bonchev–Trinajstić information content (AvgIpc) is 3.00. The number of benzene rings is 1. The summed E-state index contributed by atoms with van der Waals surface area (Å²) >= 11 is 5.94. The molecule has 1 aromatic carbocycles. The summed E-state index contributed by atoms with van der Waals surface area (Å²) in [5.41, 5.74) is 2.07. The van der Waals surface area contributed by atoms with Crippen LogP contribution >= 0.6 is 24.0 Å². The number of aromatic nitrogens is 2. The zero-order chi connectivity index (χ0) is 18.8. The predicted molar refractivity (Wildman–Crippen MR) is 109 cm³/mol. The van der Waals surface area contributed by atoms with Gasteiger partial charge in [-0.3, -0.25) is 14.3 Å². The van der Waals surface area contributed by atoms with Crippen molar-refractivity contribution in [3.63, 3.8) is 0 Å². The van der Waals surface area contributed by atoms with Gasteiger partial charge in [-0.25, -0.2) is 4.79 Å². The maximum atomic E-state index is 12.9. The van der Waals surface area contributed by atoms with E-state index in [1.165, 1.54) is 4.57 Å². The third-order valence-corrected chi connectivity index (χ3v) is 5.05. The van der Waals surface area contributed by atoms with Gasteiger partial charge in [0.15, 0.2) is 5.58 Å². The largest absolute Gasteiger partial charge is 0.419 e. The van der Waals surface area contributed by atoms with Crippen molar-refractivity contribution in [3.05, 3.63) is 63.9 Å². The van der Waals surface area contributed by atoms with Crippen molar-refractivity contribution in [2.24, 2.45) is 0 Å². The van der Waals surface area contributed by atoms with Crippen molar-refractivity contribution in [1.82, 2.24) is 19.8 Å². The van der Waals surface area contributed by atoms with Gasteiger partial charge < -0.3 is 14.6 Å². The average molecular weight is 423 g/mol. The van der Waals surface area contributed by atoms with Gasteiger partial charge in [-0.1, -0.05) is 17.7 Å². The fourth-order valence-corrected chi connectivity index (χ4v) is 3.64. The molecule has 1 fully saturated rings. The van der Waals surface area contributed by atoms with Crippen molar-refractivity contribution in [3.8, 4) is 0 Å². The Morgan fingerprint density at radius 3 is 3.00 bits per heavy atom. The number of hydrogen-bond acceptors (Lipinski definition) is 5. The third-order valence-electron chi connectivity index (χ3n) is 4.81. The van der Waals surface area contributed by atoms with E-state index in [1.54, 1.807) is 30.6 Å². The van der Waals surface area contributed by atoms with E-state index in [2.05, 4.69) is 10.3 Å². The number of hydrogen-bond donors (Lipinski definition) is 1. The standard InChI is InChI=1S/C19H19ClN4O3.ClH/c20-14-3-4-15-17(10-14)27-19(26)24(15)8-5-18(25)23-9-7-22-12-16(23)13-2-1-6-21-11-13;/h1-4,6,10-11,16,22H,5,7-9,12H2;1H. The second-order valence-electron chi connectivity index (χ2n) is 6.48. The SMILES string of the molecule is Cl.O=C(CCn1c(=O)oc2cc(Cl)ccc21)N1CCNCC1c1cccnc1. The molecule has 0 radical (unpaired) electrons. The maximum absolute atomic E-state index is 12.9. The molecule has 4 rings (SSSR count). The molecule has 3 aromatic rings. The van der Waals surface area contributed by atoms with Crippen LogP contribution in [0, 0.1) is 0 Å². The molecule has 0 spiro atoms. The van der Waals surface area contributed by atoms with Crippen LogP contribution in [-0.2, 0) is 11.3 Å². The number of carbonyl (C=O) groups is 1. The second kappa shape index (κ2) is 8.77. The number of pyridine rings is 1. The summed E-state index contributed by atoms with van der Waals surface area (Å²) in [6.07, 6.45) is 3.72. The van der Waals surface area contributed by atoms with Gasteiger partial charge in [-0.2, -0.15) is 0 Å². The summed E-state index contributed by atoms with van der Waals surface area (Å²) < 4.78 is 6.70. The summed E-state index contributed by atoms with van der Waals surface area (Å²) in [7, 11) is 0. The molecule has 0 bridgehead atoms. The van der Waals surface area contributed by atoms with Crippen molar-refractivity contribution >= 4 is 41.0 Å². The quantitative estimate of drug-likeness (QED) is 0.698. The number of piperazine rings is 1. The first kappa shape index (κ1) is 20.4. The van der Waals surface area contributed by atoms with Crippen LogP contribution in [0.25, 0.3) is 11.1 Å². The van der Waals surface area contributed by atoms with Crippen LogP contribution in [0.4, 0.5) is 0 Å². The lowest BCUT2D eigenvalue weighted by Gasteiger charge is -2.36. The Bertz CT molecular complexity index is 1020. The normalized spacial score (nSPS) is 16.8. The molecular weight excluding hydrogens is 403 g/mol. The Balaban J connectivity index is 0.00000225. The van der Waals surface area contributed by atoms with E-state index >= 15 is 0 Å². The Kier molecular flexibility index (Phi) is 6.39. The fraction of sp³-hybridized carbons (Fsp3) is 0.316. The van der Waals surface area contributed by atoms with Gasteiger partial charge in [-0.15, -0.1) is 12.4 Å². The first-order valence-corrected chi connectivity index (χ1v) is 9.20. The number of oxazole rings is 1. The molecule has 1 atom stereocenters. The van der Waals surface area contributed by atoms with Crippen LogP contribution in [0.3, 0.4) is 0 Å². The van der Waals surface area contributed by atoms with Crippen LogP contribution in [0.15, 0.2) is 51.9 Å². The van der Waals surface area contributed by atoms with Crippen LogP contribution in [-0.4, -0.2) is 40.0 Å². The molecule has 7 nitrogen and oxygen atoms in total. The minimum Gasteiger partial charge on any atom is -0.408 e. The molecule has 148 valence electrons. The monoisotopic (exact) mass is 422 g/mol. The highest BCUT2D eigenvalue weighted by molar-refractivity contribution is 6.31. The molecule has 28 heavy (non-hydrogen) atoms. The molecule has 1 unspecified atom stereocenters. The fourth-order valence-electron chi connectivity index (χ4n) is 3.48. The first-order valence-electron chi connectivity index (χ1n) is 8.82. The van der Waals surface area contributed by atoms with E-state index in [0.29, 0.717) is 29.2 Å². The van der Waals surface area contributed by atoms with Gasteiger partial charge in [0, 0.05) is 56.1 Å². The topological polar surface area (TPSA) is 80.4 Å². The van der Waals surface area contributed by atoms with Crippen molar-refractivity contribution in [1.29, 1.82) is 0 Å². The first-order chi connectivity index (χ1) is 13.1. The minimum atomic E-state index is -0.482. The van der Waals surface area contributed by atoms with Gasteiger partial charge in [0.1, 0.15) is 0 Å². The zero-order valence-electron chi connectivity index (χ0n) is 15.0. The van der Waals surface area contributed by atoms with E-state index in [0.717, 1.165) is 12.1 Å². The van der Waals surface area contributed by atoms with E-state index in [4.69, 9.17) is 16.0 Å². The number of rotatable bonds is 4. The van der Waals surface area contributed by atoms with Gasteiger partial charge in [0.25, 0.3) is 0 Å². The predicted octanol–water partition coefficient (Wildman–Crippen LogP) is 2.63. The van der Waals surface area contributed by atoms with Crippen molar-refractivity contribution in [2.45, 2.75) is 19.0 Å². The molecule has 1 saturated heterocycles. The van der Waals surface area contributed by atoms with Crippen LogP contribution < -0.4 is 11.1 Å². The molecule has 2 aromatic heterocycles. The molecule has 1 aliphatic rings. The van der Waals surface area contributed by atoms with E-state index in [9.17, 15) is 9.59 Å². The summed E-state index contributed by atoms with van der Waals surface area (Å²) in [6.45, 7) is 2.31. The Hall–Kier alpha value is -2.35. The molecular formula is C19H20Cl2N4O3. The lowest BCUT2D eigenvalue weighted by Crippen LogP contribution is -2.49. The van der Waals surface area contributed by atoms with Gasteiger partial charge in [0.05, 0.1) is 11.6 Å². The molecule has 0 aliphatic carbocycles. The lowest BCUT2D eigenvalue weighted by molar-refractivity contribution is -0.134. The van der Waals surface area contributed by atoms with Crippen LogP contribution in [0.2, 0.25) is 5.02 Å². The van der Waals surface area contributed by atoms with Crippen LogP contribution in [0.1, 0.15) is 18.0 Å². The molecule has 1 aliphatic heterocycles. The number of amides is 1. The smallest absolute Gasteiger partial charge is 0.408 e. The number of halogens is 2. The number of nitrogens with zero attached hydrogens (tertiary/aromatic N) is 3. The molecule has 0 saturated carbocycles. The highest BCUT2D eigenvalue weighted by atomic mass is 35.5. The van der Waals surface area contributed by atoms with E-state index < -0.39 is 5.76 Å². The molecule has 1 amide bonds. The maximum Gasteiger partial charge on any atom is 0.419 e. The number of carbonyl (C=O) groups excluding carboxylic acids is 1. The van der Waals surface area contributed by atoms with E-state index in [-0.39, 0.29) is 37.3 Å². The lowest BCUT2D eigenvalue weighted by atomic mass is 10.0. The zero-order valence-corrected chi connectivity index (χ0v) is 16.6.